The van der Waals surface area contributed by atoms with E-state index in [2.05, 4.69) is 0 Å². The Labute approximate surface area is 69.0 Å². The zero-order valence-corrected chi connectivity index (χ0v) is 6.49. The van der Waals surface area contributed by atoms with Crippen molar-refractivity contribution in [3.63, 3.8) is 0 Å². The number of alkyl halides is 3. The van der Waals surface area contributed by atoms with Crippen LogP contribution >= 0.6 is 0 Å². The predicted octanol–water partition coefficient (Wildman–Crippen LogP) is 3.10. The fourth-order valence-corrected chi connectivity index (χ4v) is 1.02. The molecule has 0 unspecified atom stereocenters. The van der Waals surface area contributed by atoms with E-state index in [1.54, 1.807) is 0 Å². The van der Waals surface area contributed by atoms with Gasteiger partial charge in [0, 0.05) is 0 Å². The number of halogens is 3. The Morgan fingerprint density at radius 2 is 1.50 bits per heavy atom. The highest BCUT2D eigenvalue weighted by molar-refractivity contribution is 5.30. The van der Waals surface area contributed by atoms with Gasteiger partial charge in [0.15, 0.2) is 0 Å². The highest BCUT2D eigenvalue weighted by Crippen LogP contribution is 2.15. The van der Waals surface area contributed by atoms with Crippen molar-refractivity contribution in [2.75, 3.05) is 0 Å². The van der Waals surface area contributed by atoms with Crippen LogP contribution in [0.4, 0.5) is 13.2 Å². The summed E-state index contributed by atoms with van der Waals surface area (Å²) in [6, 6.07) is 4.24. The minimum Gasteiger partial charge on any atom is -0.246 e. The zero-order valence-electron chi connectivity index (χ0n) is 6.49. The van der Waals surface area contributed by atoms with Gasteiger partial charge in [-0.25, -0.2) is 13.2 Å². The maximum Gasteiger partial charge on any atom is 0.115 e. The Morgan fingerprint density at radius 1 is 0.833 bits per heavy atom. The van der Waals surface area contributed by atoms with Crippen LogP contribution in [-0.4, -0.2) is 0 Å². The lowest BCUT2D eigenvalue weighted by molar-refractivity contribution is 0.451. The van der Waals surface area contributed by atoms with E-state index in [0.717, 1.165) is 0 Å². The van der Waals surface area contributed by atoms with Crippen LogP contribution in [0, 0.1) is 0 Å². The molecule has 3 heteroatoms. The maximum atomic E-state index is 12.2. The summed E-state index contributed by atoms with van der Waals surface area (Å²) in [6.07, 6.45) is 0. The third-order valence-electron chi connectivity index (χ3n) is 1.71. The van der Waals surface area contributed by atoms with Crippen molar-refractivity contribution in [3.8, 4) is 0 Å². The molecular formula is C9H9F3. The fraction of sp³-hybridized carbons (Fsp3) is 0.333. The summed E-state index contributed by atoms with van der Waals surface area (Å²) in [5, 5.41) is 0. The SMILES string of the molecule is FCc1ccc(CF)c(CF)c1. The first-order valence-corrected chi connectivity index (χ1v) is 3.60. The van der Waals surface area contributed by atoms with E-state index >= 15 is 0 Å². The Balaban J connectivity index is 3.02. The lowest BCUT2D eigenvalue weighted by Crippen LogP contribution is -1.91. The fourth-order valence-electron chi connectivity index (χ4n) is 1.02. The summed E-state index contributed by atoms with van der Waals surface area (Å²) in [4.78, 5) is 0. The second kappa shape index (κ2) is 4.14. The van der Waals surface area contributed by atoms with E-state index in [1.807, 2.05) is 0 Å². The second-order valence-electron chi connectivity index (χ2n) is 2.50. The summed E-state index contributed by atoms with van der Waals surface area (Å²) in [6.45, 7) is -2.08. The second-order valence-corrected chi connectivity index (χ2v) is 2.50. The van der Waals surface area contributed by atoms with Crippen molar-refractivity contribution in [1.82, 2.24) is 0 Å². The lowest BCUT2D eigenvalue weighted by atomic mass is 10.1. The number of hydrogen-bond donors (Lipinski definition) is 0. The van der Waals surface area contributed by atoms with Gasteiger partial charge in [-0.05, 0) is 16.7 Å². The molecule has 0 saturated heterocycles. The van der Waals surface area contributed by atoms with E-state index in [1.165, 1.54) is 18.2 Å². The Hall–Kier alpha value is -0.990. The van der Waals surface area contributed by atoms with Gasteiger partial charge in [0.25, 0.3) is 0 Å². The van der Waals surface area contributed by atoms with Gasteiger partial charge in [-0.3, -0.25) is 0 Å². The molecule has 0 saturated carbocycles. The van der Waals surface area contributed by atoms with Crippen LogP contribution in [0.2, 0.25) is 0 Å². The Kier molecular flexibility index (Phi) is 3.14. The molecule has 12 heavy (non-hydrogen) atoms. The standard InChI is InChI=1S/C9H9F3/c10-4-7-1-2-8(5-11)9(3-7)6-12/h1-3H,4-6H2. The third kappa shape index (κ3) is 1.78. The smallest absolute Gasteiger partial charge is 0.115 e. The molecular weight excluding hydrogens is 165 g/mol. The van der Waals surface area contributed by atoms with Gasteiger partial charge in [-0.1, -0.05) is 18.2 Å². The first-order chi connectivity index (χ1) is 5.81. The van der Waals surface area contributed by atoms with E-state index in [9.17, 15) is 13.2 Å². The molecule has 0 nitrogen and oxygen atoms in total. The minimum absolute atomic E-state index is 0.243. The van der Waals surface area contributed by atoms with Gasteiger partial charge < -0.3 is 0 Å². The molecule has 0 atom stereocenters. The van der Waals surface area contributed by atoms with Crippen LogP contribution in [-0.2, 0) is 20.0 Å². The normalized spacial score (nSPS) is 10.2. The average molecular weight is 174 g/mol. The molecule has 0 aliphatic rings. The van der Waals surface area contributed by atoms with Crippen LogP contribution in [0.25, 0.3) is 0 Å². The largest absolute Gasteiger partial charge is 0.246 e. The summed E-state index contributed by atoms with van der Waals surface area (Å²) < 4.78 is 36.4. The number of rotatable bonds is 3. The first-order valence-electron chi connectivity index (χ1n) is 3.60. The molecule has 0 aromatic heterocycles. The Bertz CT molecular complexity index is 258. The molecule has 0 spiro atoms. The summed E-state index contributed by atoms with van der Waals surface area (Å²) in [5.74, 6) is 0. The van der Waals surface area contributed by atoms with Crippen LogP contribution in [0.1, 0.15) is 16.7 Å². The highest BCUT2D eigenvalue weighted by Gasteiger charge is 2.02. The quantitative estimate of drug-likeness (QED) is 0.660. The van der Waals surface area contributed by atoms with E-state index in [0.29, 0.717) is 11.1 Å². The monoisotopic (exact) mass is 174 g/mol. The van der Waals surface area contributed by atoms with Gasteiger partial charge in [-0.15, -0.1) is 0 Å². The molecule has 0 bridgehead atoms. The molecule has 66 valence electrons. The molecule has 1 aromatic carbocycles. The van der Waals surface area contributed by atoms with Crippen molar-refractivity contribution >= 4 is 0 Å². The molecule has 1 aromatic rings. The molecule has 0 heterocycles. The van der Waals surface area contributed by atoms with E-state index in [-0.39, 0.29) is 5.56 Å². The average Bonchev–Trinajstić information content (AvgIpc) is 2.16. The summed E-state index contributed by atoms with van der Waals surface area (Å²) in [7, 11) is 0. The molecule has 0 fully saturated rings. The zero-order chi connectivity index (χ0) is 8.97. The maximum absolute atomic E-state index is 12.2. The van der Waals surface area contributed by atoms with Crippen molar-refractivity contribution in [2.24, 2.45) is 0 Å². The lowest BCUT2D eigenvalue weighted by Gasteiger charge is -2.03. The van der Waals surface area contributed by atoms with E-state index in [4.69, 9.17) is 0 Å². The molecule has 0 amide bonds. The van der Waals surface area contributed by atoms with Crippen LogP contribution in [0.3, 0.4) is 0 Å². The van der Waals surface area contributed by atoms with Crippen LogP contribution < -0.4 is 0 Å². The van der Waals surface area contributed by atoms with Crippen molar-refractivity contribution in [3.05, 3.63) is 34.9 Å². The summed E-state index contributed by atoms with van der Waals surface area (Å²) >= 11 is 0. The first kappa shape index (κ1) is 9.10. The number of benzene rings is 1. The van der Waals surface area contributed by atoms with E-state index < -0.39 is 20.0 Å². The van der Waals surface area contributed by atoms with Gasteiger partial charge in [0.1, 0.15) is 20.0 Å². The van der Waals surface area contributed by atoms with Crippen molar-refractivity contribution in [2.45, 2.75) is 20.0 Å². The molecule has 0 radical (unpaired) electrons. The van der Waals surface area contributed by atoms with Crippen LogP contribution in [0.15, 0.2) is 18.2 Å². The molecule has 0 aliphatic heterocycles. The number of hydrogen-bond acceptors (Lipinski definition) is 0. The highest BCUT2D eigenvalue weighted by atomic mass is 19.1. The molecule has 0 N–H and O–H groups in total. The molecule has 0 aliphatic carbocycles. The topological polar surface area (TPSA) is 0 Å². The third-order valence-corrected chi connectivity index (χ3v) is 1.71. The van der Waals surface area contributed by atoms with Crippen molar-refractivity contribution < 1.29 is 13.2 Å². The van der Waals surface area contributed by atoms with Gasteiger partial charge >= 0.3 is 0 Å². The van der Waals surface area contributed by atoms with Crippen molar-refractivity contribution in [1.29, 1.82) is 0 Å². The predicted molar refractivity (Wildman–Crippen MR) is 40.9 cm³/mol. The van der Waals surface area contributed by atoms with Gasteiger partial charge in [0.2, 0.25) is 0 Å². The minimum atomic E-state index is -0.743. The molecule has 1 rings (SSSR count). The Morgan fingerprint density at radius 3 is 2.00 bits per heavy atom. The van der Waals surface area contributed by atoms with Gasteiger partial charge in [0.05, 0.1) is 0 Å². The summed E-state index contributed by atoms with van der Waals surface area (Å²) in [5.41, 5.74) is 0.933. The van der Waals surface area contributed by atoms with Gasteiger partial charge in [-0.2, -0.15) is 0 Å². The van der Waals surface area contributed by atoms with Crippen LogP contribution in [0.5, 0.6) is 0 Å².